The first-order valence-electron chi connectivity index (χ1n) is 21.3. The van der Waals surface area contributed by atoms with Crippen molar-refractivity contribution >= 4 is 23.9 Å². The molecule has 5 atom stereocenters. The van der Waals surface area contributed by atoms with Gasteiger partial charge in [0.05, 0.1) is 18.2 Å². The molecule has 0 radical (unpaired) electrons. The van der Waals surface area contributed by atoms with E-state index in [0.29, 0.717) is 50.1 Å². The predicted molar refractivity (Wildman–Crippen MR) is 228 cm³/mol. The molecule has 3 heterocycles. The Morgan fingerprint density at radius 2 is 1.52 bits per heavy atom. The minimum Gasteiger partial charge on any atom is -0.454 e. The number of rotatable bonds is 18. The van der Waals surface area contributed by atoms with Crippen LogP contribution >= 0.6 is 0 Å². The molecule has 7 rings (SSSR count). The Hall–Kier alpha value is -5.96. The van der Waals surface area contributed by atoms with Crippen molar-refractivity contribution in [2.75, 3.05) is 33.7 Å². The van der Waals surface area contributed by atoms with Crippen LogP contribution in [0.1, 0.15) is 73.1 Å². The van der Waals surface area contributed by atoms with E-state index in [4.69, 9.17) is 33.2 Å². The van der Waals surface area contributed by atoms with Gasteiger partial charge in [-0.05, 0) is 48.4 Å². The van der Waals surface area contributed by atoms with E-state index in [1.54, 1.807) is 6.07 Å². The van der Waals surface area contributed by atoms with Gasteiger partial charge in [0, 0.05) is 57.4 Å². The molecular weight excluding hydrogens is 795 g/mol. The van der Waals surface area contributed by atoms with Gasteiger partial charge in [0.15, 0.2) is 23.1 Å². The van der Waals surface area contributed by atoms with Gasteiger partial charge in [-0.2, -0.15) is 0 Å². The van der Waals surface area contributed by atoms with E-state index >= 15 is 0 Å². The summed E-state index contributed by atoms with van der Waals surface area (Å²) in [5.41, 5.74) is 3.80. The molecule has 4 aromatic rings. The zero-order chi connectivity index (χ0) is 43.2. The molecule has 14 nitrogen and oxygen atoms in total. The van der Waals surface area contributed by atoms with Crippen LogP contribution in [-0.4, -0.2) is 87.7 Å². The van der Waals surface area contributed by atoms with Gasteiger partial charge in [-0.15, -0.1) is 0 Å². The number of Topliss-reactive ketones (excluding diaryl/α,β-unsaturated/α-hetero) is 1. The Bertz CT molecular complexity index is 2050. The highest BCUT2D eigenvalue weighted by atomic mass is 16.7. The molecule has 0 saturated carbocycles. The van der Waals surface area contributed by atoms with E-state index in [2.05, 4.69) is 16.0 Å². The van der Waals surface area contributed by atoms with Crippen LogP contribution in [0.5, 0.6) is 11.5 Å². The monoisotopic (exact) mass is 849 g/mol. The molecule has 62 heavy (non-hydrogen) atoms. The van der Waals surface area contributed by atoms with Gasteiger partial charge in [-0.1, -0.05) is 103 Å². The van der Waals surface area contributed by atoms with E-state index in [1.807, 2.05) is 103 Å². The average molecular weight is 850 g/mol. The van der Waals surface area contributed by atoms with Crippen molar-refractivity contribution in [2.45, 2.75) is 94.0 Å². The zero-order valence-electron chi connectivity index (χ0n) is 35.0. The number of alkyl carbamates (subject to hydrolysis) is 2. The van der Waals surface area contributed by atoms with Crippen molar-refractivity contribution in [3.05, 3.63) is 131 Å². The Labute approximate surface area is 361 Å². The lowest BCUT2D eigenvalue weighted by molar-refractivity contribution is -0.329. The lowest BCUT2D eigenvalue weighted by Crippen LogP contribution is -2.54. The molecular formula is C48H55N3O11. The fraction of sp³-hybridized carbons (Fsp3) is 0.417. The largest absolute Gasteiger partial charge is 0.454 e. The smallest absolute Gasteiger partial charge is 0.407 e. The maximum atomic E-state index is 13.4. The predicted octanol–water partition coefficient (Wildman–Crippen LogP) is 6.74. The third-order valence-corrected chi connectivity index (χ3v) is 11.3. The number of ketones is 1. The molecule has 2 fully saturated rings. The normalized spacial score (nSPS) is 20.8. The number of fused-ring (bicyclic) bond motifs is 1. The minimum atomic E-state index is -1.16. The average Bonchev–Trinajstić information content (AvgIpc) is 3.78. The van der Waals surface area contributed by atoms with Crippen molar-refractivity contribution in [2.24, 2.45) is 0 Å². The minimum absolute atomic E-state index is 0.0111. The Morgan fingerprint density at radius 3 is 2.24 bits per heavy atom. The molecule has 0 unspecified atom stereocenters. The van der Waals surface area contributed by atoms with Crippen molar-refractivity contribution in [1.29, 1.82) is 0 Å². The number of ether oxygens (including phenoxy) is 7. The molecule has 4 aromatic carbocycles. The van der Waals surface area contributed by atoms with Crippen LogP contribution in [0.4, 0.5) is 9.59 Å². The maximum absolute atomic E-state index is 13.4. The fourth-order valence-electron chi connectivity index (χ4n) is 8.36. The summed E-state index contributed by atoms with van der Waals surface area (Å²) in [7, 11) is 1.44. The van der Waals surface area contributed by atoms with Crippen molar-refractivity contribution in [3.8, 4) is 11.5 Å². The third kappa shape index (κ3) is 12.3. The van der Waals surface area contributed by atoms with Gasteiger partial charge in [0.2, 0.25) is 12.7 Å². The van der Waals surface area contributed by atoms with Crippen molar-refractivity contribution in [1.82, 2.24) is 16.0 Å². The molecule has 0 aromatic heterocycles. The summed E-state index contributed by atoms with van der Waals surface area (Å²) in [6.07, 6.45) is 0.199. The maximum Gasteiger partial charge on any atom is 0.407 e. The van der Waals surface area contributed by atoms with Crippen LogP contribution in [-0.2, 0) is 46.2 Å². The SMILES string of the molecule is COCC(=O)[C@H](Cc1ccccc1)NC(=O)CC[C@@H]1C[C@@H](OC(=O)NCc2cccc3c2OCO3)C[C@@]2(CCC[C@H](COC(=O)NCC(c3ccccc3)c3ccccc3)O2)O1. The molecule has 3 aliphatic heterocycles. The number of para-hydroxylation sites is 1. The second-order valence-electron chi connectivity index (χ2n) is 15.9. The Morgan fingerprint density at radius 1 is 0.806 bits per heavy atom. The topological polar surface area (TPSA) is 169 Å². The summed E-state index contributed by atoms with van der Waals surface area (Å²) in [5, 5.41) is 8.67. The molecule has 328 valence electrons. The highest BCUT2D eigenvalue weighted by Crippen LogP contribution is 2.41. The lowest BCUT2D eigenvalue weighted by atomic mass is 9.90. The van der Waals surface area contributed by atoms with Gasteiger partial charge in [0.25, 0.3) is 0 Å². The van der Waals surface area contributed by atoms with Crippen LogP contribution in [0.15, 0.2) is 109 Å². The molecule has 3 N–H and O–H groups in total. The number of nitrogens with one attached hydrogen (secondary N) is 3. The number of hydrogen-bond acceptors (Lipinski definition) is 11. The summed E-state index contributed by atoms with van der Waals surface area (Å²) in [6.45, 7) is 0.458. The van der Waals surface area contributed by atoms with Gasteiger partial charge in [-0.25, -0.2) is 9.59 Å². The zero-order valence-corrected chi connectivity index (χ0v) is 35.0. The first kappa shape index (κ1) is 44.1. The number of benzene rings is 4. The summed E-state index contributed by atoms with van der Waals surface area (Å²) in [5.74, 6) is -0.593. The highest BCUT2D eigenvalue weighted by molar-refractivity contribution is 5.90. The Balaban J connectivity index is 0.977. The van der Waals surface area contributed by atoms with Crippen LogP contribution in [0.25, 0.3) is 0 Å². The van der Waals surface area contributed by atoms with Crippen LogP contribution in [0.2, 0.25) is 0 Å². The van der Waals surface area contributed by atoms with E-state index < -0.39 is 42.3 Å². The van der Waals surface area contributed by atoms with Crippen molar-refractivity contribution < 1.29 is 52.3 Å². The van der Waals surface area contributed by atoms with E-state index in [1.165, 1.54) is 7.11 Å². The molecule has 0 bridgehead atoms. The van der Waals surface area contributed by atoms with Crippen molar-refractivity contribution in [3.63, 3.8) is 0 Å². The quantitative estimate of drug-likeness (QED) is 0.0971. The number of carbonyl (C=O) groups excluding carboxylic acids is 4. The summed E-state index contributed by atoms with van der Waals surface area (Å²) in [4.78, 5) is 52.8. The first-order chi connectivity index (χ1) is 30.3. The van der Waals surface area contributed by atoms with Gasteiger partial charge >= 0.3 is 12.2 Å². The first-order valence-corrected chi connectivity index (χ1v) is 21.3. The molecule has 14 heteroatoms. The summed E-state index contributed by atoms with van der Waals surface area (Å²) < 4.78 is 41.2. The van der Waals surface area contributed by atoms with Crippen LogP contribution in [0, 0.1) is 0 Å². The molecule has 3 aliphatic rings. The standard InChI is InChI=1S/C48H55N3O11/c1-56-31-42(52)41(25-33-13-5-2-6-14-33)51-44(53)23-22-37-26-39(60-47(55)49-28-36-19-11-21-43-45(36)59-32-58-43)27-48(61-37)24-12-20-38(62-48)30-57-46(54)50-29-40(34-15-7-3-8-16-34)35-17-9-4-10-18-35/h2-11,13-19,21,37-41H,12,20,22-32H2,1H3,(H,49,55)(H,50,54)(H,51,53)/t37-,38-,39-,41+,48+/m1/s1. The second kappa shape index (κ2) is 21.7. The number of methoxy groups -OCH3 is 1. The summed E-state index contributed by atoms with van der Waals surface area (Å²) in [6, 6.07) is 34.1. The molecule has 1 spiro atoms. The number of hydrogen-bond donors (Lipinski definition) is 3. The fourth-order valence-corrected chi connectivity index (χ4v) is 8.36. The van der Waals surface area contributed by atoms with Gasteiger partial charge < -0.3 is 49.1 Å². The summed E-state index contributed by atoms with van der Waals surface area (Å²) >= 11 is 0. The second-order valence-corrected chi connectivity index (χ2v) is 15.9. The van der Waals surface area contributed by atoms with E-state index in [0.717, 1.165) is 22.3 Å². The van der Waals surface area contributed by atoms with Crippen LogP contribution in [0.3, 0.4) is 0 Å². The van der Waals surface area contributed by atoms with Gasteiger partial charge in [0.1, 0.15) is 19.3 Å². The molecule has 3 amide bonds. The number of carbonyl (C=O) groups is 4. The number of amides is 3. The Kier molecular flexibility index (Phi) is 15.4. The third-order valence-electron chi connectivity index (χ3n) is 11.3. The van der Waals surface area contributed by atoms with Crippen LogP contribution < -0.4 is 25.4 Å². The molecule has 2 saturated heterocycles. The highest BCUT2D eigenvalue weighted by Gasteiger charge is 2.47. The molecule has 0 aliphatic carbocycles. The lowest BCUT2D eigenvalue weighted by Gasteiger charge is -2.47. The van der Waals surface area contributed by atoms with E-state index in [-0.39, 0.29) is 63.4 Å². The van der Waals surface area contributed by atoms with Gasteiger partial charge in [-0.3, -0.25) is 9.59 Å². The van der Waals surface area contributed by atoms with E-state index in [9.17, 15) is 19.2 Å².